The van der Waals surface area contributed by atoms with Gasteiger partial charge in [-0.2, -0.15) is 0 Å². The Balaban J connectivity index is 2.20. The average Bonchev–Trinajstić information content (AvgIpc) is 2.87. The van der Waals surface area contributed by atoms with Crippen molar-refractivity contribution in [2.45, 2.75) is 6.04 Å². The van der Waals surface area contributed by atoms with Gasteiger partial charge in [-0.25, -0.2) is 0 Å². The second-order valence-corrected chi connectivity index (χ2v) is 5.19. The third kappa shape index (κ3) is 2.51. The first-order chi connectivity index (χ1) is 11.1. The molecule has 5 heteroatoms. The number of likely N-dealkylation sites (tertiary alicyclic amines) is 1. The van der Waals surface area contributed by atoms with Gasteiger partial charge in [-0.05, 0) is 5.56 Å². The second-order valence-electron chi connectivity index (χ2n) is 5.19. The number of hydrogen-bond donors (Lipinski definition) is 2. The van der Waals surface area contributed by atoms with Crippen LogP contribution in [-0.2, 0) is 9.59 Å². The van der Waals surface area contributed by atoms with Crippen molar-refractivity contribution in [3.8, 4) is 0 Å². The molecule has 5 nitrogen and oxygen atoms in total. The van der Waals surface area contributed by atoms with E-state index in [0.717, 1.165) is 4.90 Å². The molecule has 2 aromatic rings. The molecule has 1 heterocycles. The normalized spacial score (nSPS) is 20.0. The predicted molar refractivity (Wildman–Crippen MR) is 84.1 cm³/mol. The summed E-state index contributed by atoms with van der Waals surface area (Å²) < 4.78 is 0. The smallest absolute Gasteiger partial charge is 0.297 e. The number of benzene rings is 2. The number of amides is 1. The number of carbonyl (C=O) groups excluding carboxylic acids is 2. The van der Waals surface area contributed by atoms with Crippen LogP contribution in [0.25, 0.3) is 5.76 Å². The predicted octanol–water partition coefficient (Wildman–Crippen LogP) is 2.06. The standard InChI is InChI=1S/C18H15NO4/c20-11-19-15(12-7-3-1-4-8-12)14(17(22)18(19)23)16(21)13-9-5-2-6-10-13/h1-10,15,20-21H,11H2/b16-14+. The summed E-state index contributed by atoms with van der Waals surface area (Å²) in [6, 6.07) is 16.6. The number of ketones is 1. The van der Waals surface area contributed by atoms with Crippen LogP contribution in [0.1, 0.15) is 17.2 Å². The zero-order chi connectivity index (χ0) is 16.4. The van der Waals surface area contributed by atoms with E-state index in [2.05, 4.69) is 0 Å². The van der Waals surface area contributed by atoms with E-state index < -0.39 is 24.5 Å². The topological polar surface area (TPSA) is 77.8 Å². The van der Waals surface area contributed by atoms with Crippen molar-refractivity contribution in [1.29, 1.82) is 0 Å². The third-order valence-corrected chi connectivity index (χ3v) is 3.85. The molecule has 1 saturated heterocycles. The molecule has 116 valence electrons. The molecule has 0 radical (unpaired) electrons. The quantitative estimate of drug-likeness (QED) is 0.517. The highest BCUT2D eigenvalue weighted by Gasteiger charge is 2.45. The largest absolute Gasteiger partial charge is 0.507 e. The van der Waals surface area contributed by atoms with E-state index in [1.54, 1.807) is 54.6 Å². The van der Waals surface area contributed by atoms with Gasteiger partial charge in [0, 0.05) is 5.56 Å². The summed E-state index contributed by atoms with van der Waals surface area (Å²) >= 11 is 0. The van der Waals surface area contributed by atoms with E-state index in [1.165, 1.54) is 0 Å². The van der Waals surface area contributed by atoms with Gasteiger partial charge in [0.05, 0.1) is 11.6 Å². The van der Waals surface area contributed by atoms with Gasteiger partial charge < -0.3 is 15.1 Å². The molecule has 0 aliphatic carbocycles. The minimum absolute atomic E-state index is 0.0125. The number of hydrogen-bond acceptors (Lipinski definition) is 4. The lowest BCUT2D eigenvalue weighted by atomic mass is 9.95. The van der Waals surface area contributed by atoms with Crippen molar-refractivity contribution >= 4 is 17.4 Å². The number of aliphatic hydroxyl groups excluding tert-OH is 2. The van der Waals surface area contributed by atoms with Crippen LogP contribution < -0.4 is 0 Å². The van der Waals surface area contributed by atoms with E-state index in [4.69, 9.17) is 0 Å². The maximum absolute atomic E-state index is 12.4. The zero-order valence-corrected chi connectivity index (χ0v) is 12.2. The summed E-state index contributed by atoms with van der Waals surface area (Å²) in [6.45, 7) is -0.601. The molecule has 1 unspecified atom stereocenters. The van der Waals surface area contributed by atoms with E-state index in [-0.39, 0.29) is 11.3 Å². The molecule has 23 heavy (non-hydrogen) atoms. The highest BCUT2D eigenvalue weighted by molar-refractivity contribution is 6.46. The Bertz CT molecular complexity index is 768. The first-order valence-electron chi connectivity index (χ1n) is 7.14. The van der Waals surface area contributed by atoms with Gasteiger partial charge in [0.25, 0.3) is 11.7 Å². The van der Waals surface area contributed by atoms with Gasteiger partial charge in [-0.15, -0.1) is 0 Å². The van der Waals surface area contributed by atoms with Crippen LogP contribution in [0.4, 0.5) is 0 Å². The molecule has 0 aromatic heterocycles. The maximum Gasteiger partial charge on any atom is 0.297 e. The first-order valence-corrected chi connectivity index (χ1v) is 7.14. The molecule has 2 aromatic carbocycles. The highest BCUT2D eigenvalue weighted by atomic mass is 16.3. The summed E-state index contributed by atoms with van der Waals surface area (Å²) in [5.74, 6) is -1.86. The number of nitrogens with zero attached hydrogens (tertiary/aromatic N) is 1. The van der Waals surface area contributed by atoms with Crippen molar-refractivity contribution in [2.75, 3.05) is 6.73 Å². The fraction of sp³-hybridized carbons (Fsp3) is 0.111. The summed E-state index contributed by atoms with van der Waals surface area (Å²) in [5, 5.41) is 20.1. The third-order valence-electron chi connectivity index (χ3n) is 3.85. The molecule has 0 saturated carbocycles. The summed E-state index contributed by atoms with van der Waals surface area (Å²) in [6.07, 6.45) is 0. The van der Waals surface area contributed by atoms with Crippen LogP contribution in [0.3, 0.4) is 0 Å². The molecule has 1 aliphatic heterocycles. The lowest BCUT2D eigenvalue weighted by Gasteiger charge is -2.22. The Morgan fingerprint density at radius 2 is 1.52 bits per heavy atom. The van der Waals surface area contributed by atoms with Crippen LogP contribution in [0.15, 0.2) is 66.2 Å². The van der Waals surface area contributed by atoms with Crippen LogP contribution in [0, 0.1) is 0 Å². The van der Waals surface area contributed by atoms with Crippen LogP contribution >= 0.6 is 0 Å². The molecular formula is C18H15NO4. The van der Waals surface area contributed by atoms with Crippen molar-refractivity contribution in [2.24, 2.45) is 0 Å². The number of carbonyl (C=O) groups is 2. The molecular weight excluding hydrogens is 294 g/mol. The minimum Gasteiger partial charge on any atom is -0.507 e. The van der Waals surface area contributed by atoms with Crippen molar-refractivity contribution in [3.63, 3.8) is 0 Å². The first kappa shape index (κ1) is 15.0. The lowest BCUT2D eigenvalue weighted by Crippen LogP contribution is -2.30. The fourth-order valence-electron chi connectivity index (χ4n) is 2.76. The van der Waals surface area contributed by atoms with Crippen molar-refractivity contribution in [3.05, 3.63) is 77.4 Å². The van der Waals surface area contributed by atoms with Gasteiger partial charge in [0.2, 0.25) is 0 Å². The summed E-state index contributed by atoms with van der Waals surface area (Å²) in [5.41, 5.74) is 1.09. The van der Waals surface area contributed by atoms with Gasteiger partial charge in [0.15, 0.2) is 0 Å². The van der Waals surface area contributed by atoms with Crippen LogP contribution in [0.5, 0.6) is 0 Å². The molecule has 0 spiro atoms. The monoisotopic (exact) mass is 309 g/mol. The Kier molecular flexibility index (Phi) is 3.95. The highest BCUT2D eigenvalue weighted by Crippen LogP contribution is 2.38. The molecule has 1 fully saturated rings. The Morgan fingerprint density at radius 1 is 0.957 bits per heavy atom. The van der Waals surface area contributed by atoms with Crippen LogP contribution in [0.2, 0.25) is 0 Å². The molecule has 3 rings (SSSR count). The Hall–Kier alpha value is -2.92. The Labute approximate surface area is 133 Å². The number of Topliss-reactive ketones (excluding diaryl/α,β-unsaturated/α-hetero) is 1. The molecule has 0 bridgehead atoms. The fourth-order valence-corrected chi connectivity index (χ4v) is 2.76. The van der Waals surface area contributed by atoms with Gasteiger partial charge >= 0.3 is 0 Å². The molecule has 1 aliphatic rings. The SMILES string of the molecule is O=C1C(=O)N(CO)C(c2ccccc2)/C1=C(\O)c1ccccc1. The molecule has 1 amide bonds. The molecule has 2 N–H and O–H groups in total. The number of aliphatic hydroxyl groups is 2. The summed E-state index contributed by atoms with van der Waals surface area (Å²) in [4.78, 5) is 25.5. The van der Waals surface area contributed by atoms with Gasteiger partial charge in [-0.3, -0.25) is 9.59 Å². The Morgan fingerprint density at radius 3 is 2.09 bits per heavy atom. The van der Waals surface area contributed by atoms with Crippen molar-refractivity contribution < 1.29 is 19.8 Å². The lowest BCUT2D eigenvalue weighted by molar-refractivity contribution is -0.142. The minimum atomic E-state index is -0.821. The average molecular weight is 309 g/mol. The van der Waals surface area contributed by atoms with E-state index in [9.17, 15) is 19.8 Å². The zero-order valence-electron chi connectivity index (χ0n) is 12.2. The molecule has 1 atom stereocenters. The van der Waals surface area contributed by atoms with E-state index >= 15 is 0 Å². The van der Waals surface area contributed by atoms with Crippen molar-refractivity contribution in [1.82, 2.24) is 4.90 Å². The van der Waals surface area contributed by atoms with E-state index in [1.807, 2.05) is 6.07 Å². The second kappa shape index (κ2) is 6.06. The van der Waals surface area contributed by atoms with Crippen LogP contribution in [-0.4, -0.2) is 33.5 Å². The maximum atomic E-state index is 12.4. The van der Waals surface area contributed by atoms with E-state index in [0.29, 0.717) is 11.1 Å². The summed E-state index contributed by atoms with van der Waals surface area (Å²) in [7, 11) is 0. The van der Waals surface area contributed by atoms with Gasteiger partial charge in [-0.1, -0.05) is 60.7 Å². The van der Waals surface area contributed by atoms with Gasteiger partial charge in [0.1, 0.15) is 12.5 Å². The number of rotatable bonds is 3.